The number of hydrogen-bond acceptors (Lipinski definition) is 5. The molecule has 2 N–H and O–H groups in total. The molecular formula is C25H30N2O5S. The van der Waals surface area contributed by atoms with Crippen molar-refractivity contribution in [2.45, 2.75) is 31.7 Å². The summed E-state index contributed by atoms with van der Waals surface area (Å²) < 4.78 is 5.59. The average Bonchev–Trinajstić information content (AvgIpc) is 3.14. The quantitative estimate of drug-likeness (QED) is 0.516. The van der Waals surface area contributed by atoms with Gasteiger partial charge in [-0.15, -0.1) is 0 Å². The van der Waals surface area contributed by atoms with Crippen molar-refractivity contribution in [1.29, 1.82) is 0 Å². The number of nitrogens with one attached hydrogen (secondary N) is 1. The Labute approximate surface area is 198 Å². The zero-order valence-corrected chi connectivity index (χ0v) is 19.8. The number of amides is 2. The molecule has 2 amide bonds. The summed E-state index contributed by atoms with van der Waals surface area (Å²) >= 11 is 1.57. The van der Waals surface area contributed by atoms with Crippen molar-refractivity contribution in [1.82, 2.24) is 10.2 Å². The van der Waals surface area contributed by atoms with Crippen LogP contribution in [-0.2, 0) is 14.3 Å². The minimum atomic E-state index is -0.966. The maximum absolute atomic E-state index is 13.0. The third-order valence-corrected chi connectivity index (χ3v) is 6.48. The van der Waals surface area contributed by atoms with Crippen molar-refractivity contribution >= 4 is 29.7 Å². The van der Waals surface area contributed by atoms with Crippen molar-refractivity contribution in [3.05, 3.63) is 59.7 Å². The smallest absolute Gasteiger partial charge is 0.407 e. The molecule has 1 aliphatic rings. The minimum absolute atomic E-state index is 0.0637. The second kappa shape index (κ2) is 11.7. The Balaban J connectivity index is 1.66. The van der Waals surface area contributed by atoms with E-state index >= 15 is 0 Å². The number of carbonyl (C=O) groups excluding carboxylic acids is 2. The van der Waals surface area contributed by atoms with E-state index in [1.807, 2.05) is 42.7 Å². The van der Waals surface area contributed by atoms with Gasteiger partial charge in [0.05, 0.1) is 6.42 Å². The molecule has 176 valence electrons. The number of benzene rings is 2. The van der Waals surface area contributed by atoms with Gasteiger partial charge in [0, 0.05) is 19.0 Å². The molecule has 0 aliphatic heterocycles. The van der Waals surface area contributed by atoms with E-state index < -0.39 is 18.1 Å². The Morgan fingerprint density at radius 2 is 1.70 bits per heavy atom. The summed E-state index contributed by atoms with van der Waals surface area (Å²) in [7, 11) is 0. The zero-order valence-electron chi connectivity index (χ0n) is 19.0. The van der Waals surface area contributed by atoms with Crippen molar-refractivity contribution in [3.63, 3.8) is 0 Å². The van der Waals surface area contributed by atoms with Gasteiger partial charge in [-0.05, 0) is 47.6 Å². The molecule has 0 saturated carbocycles. The summed E-state index contributed by atoms with van der Waals surface area (Å²) in [5.41, 5.74) is 4.53. The fraction of sp³-hybridized carbons (Fsp3) is 0.400. The van der Waals surface area contributed by atoms with Gasteiger partial charge < -0.3 is 20.1 Å². The van der Waals surface area contributed by atoms with Crippen LogP contribution in [0, 0.1) is 0 Å². The van der Waals surface area contributed by atoms with Crippen LogP contribution in [0.25, 0.3) is 11.1 Å². The lowest BCUT2D eigenvalue weighted by Gasteiger charge is -2.26. The number of carboxylic acid groups (broad SMARTS) is 1. The largest absolute Gasteiger partial charge is 0.481 e. The summed E-state index contributed by atoms with van der Waals surface area (Å²) in [5, 5.41) is 11.7. The van der Waals surface area contributed by atoms with Gasteiger partial charge in [0.15, 0.2) is 0 Å². The molecule has 0 spiro atoms. The number of carboxylic acids is 1. The predicted molar refractivity (Wildman–Crippen MR) is 129 cm³/mol. The van der Waals surface area contributed by atoms with Gasteiger partial charge in [-0.2, -0.15) is 11.8 Å². The first-order valence-corrected chi connectivity index (χ1v) is 12.5. The number of nitrogens with zero attached hydrogens (tertiary/aromatic N) is 1. The number of ether oxygens (including phenoxy) is 1. The third-order valence-electron chi connectivity index (χ3n) is 5.83. The monoisotopic (exact) mass is 470 g/mol. The van der Waals surface area contributed by atoms with Gasteiger partial charge >= 0.3 is 12.1 Å². The second-order valence-electron chi connectivity index (χ2n) is 7.87. The molecule has 33 heavy (non-hydrogen) atoms. The summed E-state index contributed by atoms with van der Waals surface area (Å²) in [6, 6.07) is 15.4. The third kappa shape index (κ3) is 6.07. The van der Waals surface area contributed by atoms with Crippen LogP contribution >= 0.6 is 11.8 Å². The van der Waals surface area contributed by atoms with Crippen molar-refractivity contribution < 1.29 is 24.2 Å². The first-order valence-electron chi connectivity index (χ1n) is 11.1. The molecule has 0 heterocycles. The Morgan fingerprint density at radius 3 is 2.24 bits per heavy atom. The number of likely N-dealkylation sites (N-methyl/N-ethyl adjacent to an activating group) is 1. The number of carbonyl (C=O) groups is 3. The maximum Gasteiger partial charge on any atom is 0.407 e. The zero-order chi connectivity index (χ0) is 23.8. The van der Waals surface area contributed by atoms with Crippen LogP contribution in [0.3, 0.4) is 0 Å². The molecule has 0 saturated heterocycles. The van der Waals surface area contributed by atoms with Gasteiger partial charge in [-0.1, -0.05) is 48.5 Å². The van der Waals surface area contributed by atoms with Gasteiger partial charge in [0.2, 0.25) is 5.91 Å². The molecule has 7 nitrogen and oxygen atoms in total. The standard InChI is InChI=1S/C25H30N2O5S/c1-3-27(14-12-23(28)29)24(30)22(13-15-33-2)26-25(31)32-16-21-19-10-6-4-8-17(19)18-9-5-7-11-20(18)21/h4-11,21-22H,3,12-16H2,1-2H3,(H,26,31)(H,28,29). The summed E-state index contributed by atoms with van der Waals surface area (Å²) in [5.74, 6) is -0.643. The van der Waals surface area contributed by atoms with E-state index in [4.69, 9.17) is 9.84 Å². The van der Waals surface area contributed by atoms with E-state index in [0.29, 0.717) is 18.7 Å². The lowest BCUT2D eigenvalue weighted by Crippen LogP contribution is -2.49. The van der Waals surface area contributed by atoms with E-state index in [-0.39, 0.29) is 31.4 Å². The predicted octanol–water partition coefficient (Wildman–Crippen LogP) is 3.97. The molecule has 8 heteroatoms. The van der Waals surface area contributed by atoms with E-state index in [9.17, 15) is 14.4 Å². The van der Waals surface area contributed by atoms with E-state index in [1.165, 1.54) is 4.90 Å². The SMILES string of the molecule is CCN(CCC(=O)O)C(=O)C(CCSC)NC(=O)OCC1c2ccccc2-c2ccccc21. The van der Waals surface area contributed by atoms with E-state index in [1.54, 1.807) is 18.7 Å². The number of fused-ring (bicyclic) bond motifs is 3. The number of aliphatic carboxylic acids is 1. The minimum Gasteiger partial charge on any atom is -0.481 e. The average molecular weight is 471 g/mol. The molecule has 0 radical (unpaired) electrons. The molecule has 1 aliphatic carbocycles. The highest BCUT2D eigenvalue weighted by Gasteiger charge is 2.30. The molecule has 1 atom stereocenters. The van der Waals surface area contributed by atoms with Crippen LogP contribution in [0.15, 0.2) is 48.5 Å². The number of hydrogen-bond donors (Lipinski definition) is 2. The highest BCUT2D eigenvalue weighted by atomic mass is 32.2. The van der Waals surface area contributed by atoms with Crippen LogP contribution in [0.2, 0.25) is 0 Å². The Kier molecular flexibility index (Phi) is 8.77. The fourth-order valence-electron chi connectivity index (χ4n) is 4.15. The molecule has 3 rings (SSSR count). The fourth-order valence-corrected chi connectivity index (χ4v) is 4.62. The van der Waals surface area contributed by atoms with Crippen LogP contribution in [-0.4, -0.2) is 65.7 Å². The van der Waals surface area contributed by atoms with Crippen LogP contribution in [0.4, 0.5) is 4.79 Å². The van der Waals surface area contributed by atoms with Crippen molar-refractivity contribution in [2.24, 2.45) is 0 Å². The lowest BCUT2D eigenvalue weighted by molar-refractivity contribution is -0.139. The van der Waals surface area contributed by atoms with Gasteiger partial charge in [0.25, 0.3) is 0 Å². The molecule has 0 aromatic heterocycles. The Bertz CT molecular complexity index is 951. The molecule has 0 bridgehead atoms. The summed E-state index contributed by atoms with van der Waals surface area (Å²) in [6.07, 6.45) is 1.58. The highest BCUT2D eigenvalue weighted by molar-refractivity contribution is 7.98. The van der Waals surface area contributed by atoms with Crippen LogP contribution in [0.1, 0.15) is 36.8 Å². The number of thioether (sulfide) groups is 1. The van der Waals surface area contributed by atoms with Crippen LogP contribution < -0.4 is 5.32 Å². The second-order valence-corrected chi connectivity index (χ2v) is 8.85. The molecule has 0 fully saturated rings. The highest BCUT2D eigenvalue weighted by Crippen LogP contribution is 2.44. The maximum atomic E-state index is 13.0. The van der Waals surface area contributed by atoms with Crippen LogP contribution in [0.5, 0.6) is 0 Å². The number of alkyl carbamates (subject to hydrolysis) is 1. The number of rotatable bonds is 11. The van der Waals surface area contributed by atoms with Crippen molar-refractivity contribution in [3.8, 4) is 11.1 Å². The summed E-state index contributed by atoms with van der Waals surface area (Å²) in [6.45, 7) is 2.43. The Hall–Kier alpha value is -3.00. The van der Waals surface area contributed by atoms with E-state index in [2.05, 4.69) is 17.4 Å². The van der Waals surface area contributed by atoms with Gasteiger partial charge in [0.1, 0.15) is 12.6 Å². The first-order chi connectivity index (χ1) is 16.0. The molecular weight excluding hydrogens is 440 g/mol. The molecule has 2 aromatic carbocycles. The lowest BCUT2D eigenvalue weighted by atomic mass is 9.98. The normalized spacial score (nSPS) is 13.0. The summed E-state index contributed by atoms with van der Waals surface area (Å²) in [4.78, 5) is 38.0. The van der Waals surface area contributed by atoms with Gasteiger partial charge in [-0.25, -0.2) is 4.79 Å². The topological polar surface area (TPSA) is 95.9 Å². The van der Waals surface area contributed by atoms with Crippen molar-refractivity contribution in [2.75, 3.05) is 31.7 Å². The first kappa shape index (κ1) is 24.6. The van der Waals surface area contributed by atoms with E-state index in [0.717, 1.165) is 22.3 Å². The Morgan fingerprint density at radius 1 is 1.09 bits per heavy atom. The molecule has 2 aromatic rings. The van der Waals surface area contributed by atoms with Gasteiger partial charge in [-0.3, -0.25) is 9.59 Å². The molecule has 1 unspecified atom stereocenters.